The van der Waals surface area contributed by atoms with Crippen LogP contribution in [0.15, 0.2) is 41.0 Å². The summed E-state index contributed by atoms with van der Waals surface area (Å²) < 4.78 is 9.92. The molecule has 1 aliphatic heterocycles. The van der Waals surface area contributed by atoms with Crippen LogP contribution >= 0.6 is 0 Å². The van der Waals surface area contributed by atoms with Crippen LogP contribution in [0.25, 0.3) is 6.08 Å². The monoisotopic (exact) mass is 487 g/mol. The summed E-state index contributed by atoms with van der Waals surface area (Å²) in [5.74, 6) is -3.80. The standard InChI is InChI=1S/C26H33NO8/c1-4-15(10-16-6-5-7-18(29)11-16)8-9-21(30)22-17(14-34-2)12-19-23(20(22)13-28)25(32)27(24(19)31)26(33)35-3/h5-7,10-11,19-21,23,28-30H,4,8-9,12-14H2,1-3H3/b15-10+/t19-,20+,21-,23-/m1/s1. The van der Waals surface area contributed by atoms with Crippen molar-refractivity contribution in [1.29, 1.82) is 0 Å². The third kappa shape index (κ3) is 5.47. The molecule has 3 amide bonds. The van der Waals surface area contributed by atoms with Gasteiger partial charge < -0.3 is 24.8 Å². The topological polar surface area (TPSA) is 134 Å². The van der Waals surface area contributed by atoms with Gasteiger partial charge in [-0.15, -0.1) is 0 Å². The van der Waals surface area contributed by atoms with Crippen molar-refractivity contribution >= 4 is 24.0 Å². The number of amides is 3. The molecule has 1 fully saturated rings. The van der Waals surface area contributed by atoms with Gasteiger partial charge in [0.2, 0.25) is 11.8 Å². The molecule has 0 saturated carbocycles. The second-order valence-electron chi connectivity index (χ2n) is 8.90. The van der Waals surface area contributed by atoms with Crippen molar-refractivity contribution in [2.45, 2.75) is 38.7 Å². The Labute approximate surface area is 204 Å². The van der Waals surface area contributed by atoms with Crippen molar-refractivity contribution in [3.8, 4) is 5.75 Å². The summed E-state index contributed by atoms with van der Waals surface area (Å²) in [7, 11) is 2.58. The normalized spacial score (nSPS) is 23.5. The molecule has 0 unspecified atom stereocenters. The maximum absolute atomic E-state index is 13.0. The van der Waals surface area contributed by atoms with E-state index >= 15 is 0 Å². The number of phenols is 1. The van der Waals surface area contributed by atoms with E-state index in [1.807, 2.05) is 19.1 Å². The molecule has 1 aromatic rings. The molecule has 1 aromatic carbocycles. The maximum Gasteiger partial charge on any atom is 0.423 e. The molecular formula is C26H33NO8. The fraction of sp³-hybridized carbons (Fsp3) is 0.500. The first kappa shape index (κ1) is 26.6. The van der Waals surface area contributed by atoms with Crippen molar-refractivity contribution in [2.75, 3.05) is 27.4 Å². The number of carbonyl (C=O) groups is 3. The highest BCUT2D eigenvalue weighted by atomic mass is 16.5. The molecule has 0 aromatic heterocycles. The van der Waals surface area contributed by atoms with E-state index in [9.17, 15) is 29.7 Å². The molecule has 9 nitrogen and oxygen atoms in total. The largest absolute Gasteiger partial charge is 0.508 e. The number of aromatic hydroxyl groups is 1. The quantitative estimate of drug-likeness (QED) is 0.358. The third-order valence-electron chi connectivity index (χ3n) is 6.85. The minimum absolute atomic E-state index is 0.131. The molecule has 0 spiro atoms. The summed E-state index contributed by atoms with van der Waals surface area (Å²) >= 11 is 0. The van der Waals surface area contributed by atoms with E-state index in [1.165, 1.54) is 7.11 Å². The van der Waals surface area contributed by atoms with Crippen LogP contribution in [0.5, 0.6) is 5.75 Å². The number of benzene rings is 1. The van der Waals surface area contributed by atoms with Crippen LogP contribution in [0.3, 0.4) is 0 Å². The minimum atomic E-state index is -1.05. The molecule has 9 heteroatoms. The zero-order chi connectivity index (χ0) is 25.7. The lowest BCUT2D eigenvalue weighted by atomic mass is 9.68. The van der Waals surface area contributed by atoms with Crippen LogP contribution in [0, 0.1) is 17.8 Å². The highest BCUT2D eigenvalue weighted by Gasteiger charge is 2.57. The minimum Gasteiger partial charge on any atom is -0.508 e. The number of allylic oxidation sites excluding steroid dienone is 1. The molecule has 1 heterocycles. The van der Waals surface area contributed by atoms with Crippen molar-refractivity contribution in [1.82, 2.24) is 4.90 Å². The second kappa shape index (κ2) is 11.6. The van der Waals surface area contributed by atoms with E-state index < -0.39 is 48.4 Å². The molecular weight excluding hydrogens is 454 g/mol. The summed E-state index contributed by atoms with van der Waals surface area (Å²) in [6, 6.07) is 6.89. The number of imide groups is 3. The van der Waals surface area contributed by atoms with Crippen molar-refractivity contribution in [2.24, 2.45) is 17.8 Å². The third-order valence-corrected chi connectivity index (χ3v) is 6.85. The van der Waals surface area contributed by atoms with Gasteiger partial charge in [-0.05, 0) is 54.5 Å². The predicted molar refractivity (Wildman–Crippen MR) is 127 cm³/mol. The van der Waals surface area contributed by atoms with E-state index in [0.29, 0.717) is 28.9 Å². The van der Waals surface area contributed by atoms with Gasteiger partial charge in [0, 0.05) is 13.0 Å². The van der Waals surface area contributed by atoms with Gasteiger partial charge >= 0.3 is 6.09 Å². The number of aliphatic hydroxyl groups is 2. The summed E-state index contributed by atoms with van der Waals surface area (Å²) in [4.78, 5) is 38.5. The van der Waals surface area contributed by atoms with E-state index in [1.54, 1.807) is 18.2 Å². The molecule has 3 N–H and O–H groups in total. The first-order valence-corrected chi connectivity index (χ1v) is 11.7. The van der Waals surface area contributed by atoms with Gasteiger partial charge in [-0.1, -0.05) is 30.7 Å². The predicted octanol–water partition coefficient (Wildman–Crippen LogP) is 2.65. The molecule has 3 rings (SSSR count). The Hall–Kier alpha value is -3.01. The number of rotatable bonds is 9. The molecule has 1 aliphatic carbocycles. The van der Waals surface area contributed by atoms with Crippen LogP contribution in [-0.2, 0) is 19.1 Å². The number of phenolic OH excluding ortho intramolecular Hbond substituents is 1. The van der Waals surface area contributed by atoms with Gasteiger partial charge in [-0.2, -0.15) is 4.90 Å². The van der Waals surface area contributed by atoms with Crippen molar-refractivity contribution in [3.63, 3.8) is 0 Å². The number of carbonyl (C=O) groups excluding carboxylic acids is 3. The number of fused-ring (bicyclic) bond motifs is 1. The highest BCUT2D eigenvalue weighted by Crippen LogP contribution is 2.46. The van der Waals surface area contributed by atoms with Gasteiger partial charge in [0.1, 0.15) is 5.75 Å². The van der Waals surface area contributed by atoms with Gasteiger partial charge in [-0.3, -0.25) is 9.59 Å². The Morgan fingerprint density at radius 2 is 2.00 bits per heavy atom. The van der Waals surface area contributed by atoms with Gasteiger partial charge in [-0.25, -0.2) is 4.79 Å². The van der Waals surface area contributed by atoms with Gasteiger partial charge in [0.05, 0.1) is 38.3 Å². The Morgan fingerprint density at radius 3 is 2.60 bits per heavy atom. The molecule has 0 bridgehead atoms. The zero-order valence-corrected chi connectivity index (χ0v) is 20.3. The van der Waals surface area contributed by atoms with Crippen LogP contribution in [-0.4, -0.2) is 71.7 Å². The second-order valence-corrected chi connectivity index (χ2v) is 8.90. The maximum atomic E-state index is 13.0. The molecule has 190 valence electrons. The average molecular weight is 488 g/mol. The van der Waals surface area contributed by atoms with Crippen molar-refractivity contribution < 1.29 is 39.2 Å². The molecule has 4 atom stereocenters. The number of aliphatic hydroxyl groups excluding tert-OH is 2. The van der Waals surface area contributed by atoms with E-state index in [0.717, 1.165) is 24.7 Å². The SMILES string of the molecule is CC/C(=C\c1cccc(O)c1)CC[C@@H](O)C1=C(COC)C[C@H]2C(=O)N(C(=O)OC)C(=O)[C@H]2[C@H]1CO. The van der Waals surface area contributed by atoms with Crippen LogP contribution in [0.2, 0.25) is 0 Å². The lowest BCUT2D eigenvalue weighted by Crippen LogP contribution is -2.40. The molecule has 35 heavy (non-hydrogen) atoms. The van der Waals surface area contributed by atoms with E-state index in [2.05, 4.69) is 4.74 Å². The number of ether oxygens (including phenoxy) is 2. The summed E-state index contributed by atoms with van der Waals surface area (Å²) in [6.45, 7) is 1.67. The van der Waals surface area contributed by atoms with Crippen LogP contribution in [0.4, 0.5) is 4.79 Å². The fourth-order valence-electron chi connectivity index (χ4n) is 5.22. The number of hydrogen-bond donors (Lipinski definition) is 3. The zero-order valence-electron chi connectivity index (χ0n) is 20.3. The number of likely N-dealkylation sites (tertiary alicyclic amines) is 1. The smallest absolute Gasteiger partial charge is 0.423 e. The highest BCUT2D eigenvalue weighted by molar-refractivity contribution is 6.16. The Kier molecular flexibility index (Phi) is 8.82. The van der Waals surface area contributed by atoms with E-state index in [-0.39, 0.29) is 18.8 Å². The molecule has 0 radical (unpaired) electrons. The number of methoxy groups -OCH3 is 2. The fourth-order valence-corrected chi connectivity index (χ4v) is 5.22. The summed E-state index contributed by atoms with van der Waals surface area (Å²) in [6.07, 6.45) is 1.70. The summed E-state index contributed by atoms with van der Waals surface area (Å²) in [5, 5.41) is 31.2. The molecule has 2 aliphatic rings. The number of hydrogen-bond acceptors (Lipinski definition) is 8. The molecule has 1 saturated heterocycles. The first-order chi connectivity index (χ1) is 16.8. The van der Waals surface area contributed by atoms with Crippen molar-refractivity contribution in [3.05, 3.63) is 46.5 Å². The number of nitrogens with zero attached hydrogens (tertiary/aromatic N) is 1. The Morgan fingerprint density at radius 1 is 1.26 bits per heavy atom. The van der Waals surface area contributed by atoms with Gasteiger partial charge in [0.15, 0.2) is 0 Å². The van der Waals surface area contributed by atoms with Gasteiger partial charge in [0.25, 0.3) is 0 Å². The van der Waals surface area contributed by atoms with E-state index in [4.69, 9.17) is 4.74 Å². The van der Waals surface area contributed by atoms with Crippen LogP contribution < -0.4 is 0 Å². The summed E-state index contributed by atoms with van der Waals surface area (Å²) in [5.41, 5.74) is 3.06. The van der Waals surface area contributed by atoms with Crippen LogP contribution in [0.1, 0.15) is 38.2 Å². The average Bonchev–Trinajstić information content (AvgIpc) is 3.09. The lowest BCUT2D eigenvalue weighted by molar-refractivity contribution is -0.137. The Bertz CT molecular complexity index is 1030. The lowest BCUT2D eigenvalue weighted by Gasteiger charge is -2.36. The first-order valence-electron chi connectivity index (χ1n) is 11.7. The Balaban J connectivity index is 1.87.